The third-order valence-electron chi connectivity index (χ3n) is 3.05. The molecule has 0 radical (unpaired) electrons. The van der Waals surface area contributed by atoms with Crippen LogP contribution < -0.4 is 0 Å². The van der Waals surface area contributed by atoms with Crippen molar-refractivity contribution in [1.29, 1.82) is 0 Å². The van der Waals surface area contributed by atoms with Crippen molar-refractivity contribution in [3.8, 4) is 0 Å². The Bertz CT molecular complexity index is 301. The summed E-state index contributed by atoms with van der Waals surface area (Å²) in [6.45, 7) is 0.335. The van der Waals surface area contributed by atoms with Gasteiger partial charge in [0, 0.05) is 20.8 Å². The van der Waals surface area contributed by atoms with Crippen LogP contribution in [-0.2, 0) is 19.0 Å². The number of hydrogen-bond donors (Lipinski definition) is 1. The van der Waals surface area contributed by atoms with Crippen LogP contribution in [0.25, 0.3) is 0 Å². The van der Waals surface area contributed by atoms with E-state index in [4.69, 9.17) is 14.6 Å². The topological polar surface area (TPSA) is 85.3 Å². The van der Waals surface area contributed by atoms with E-state index in [2.05, 4.69) is 4.74 Å². The quantitative estimate of drug-likeness (QED) is 0.714. The summed E-state index contributed by atoms with van der Waals surface area (Å²) >= 11 is 0. The van der Waals surface area contributed by atoms with E-state index in [0.29, 0.717) is 6.54 Å². The Morgan fingerprint density at radius 2 is 1.88 bits per heavy atom. The summed E-state index contributed by atoms with van der Waals surface area (Å²) in [4.78, 5) is 23.9. The minimum Gasteiger partial charge on any atom is -0.481 e. The normalized spacial score (nSPS) is 23.2. The van der Waals surface area contributed by atoms with Gasteiger partial charge in [-0.15, -0.1) is 0 Å². The predicted molar refractivity (Wildman–Crippen MR) is 56.5 cm³/mol. The van der Waals surface area contributed by atoms with Gasteiger partial charge in [0.15, 0.2) is 5.79 Å². The standard InChI is InChI=1S/C10H17NO6/c1-15-9(14)11-5-4-7(8(12)13)10(6-11,16-2)17-3/h7H,4-6H2,1-3H3,(H,12,13). The largest absolute Gasteiger partial charge is 0.481 e. The molecule has 1 N–H and O–H groups in total. The molecule has 1 fully saturated rings. The van der Waals surface area contributed by atoms with Crippen molar-refractivity contribution < 1.29 is 28.9 Å². The van der Waals surface area contributed by atoms with Gasteiger partial charge in [0.2, 0.25) is 0 Å². The van der Waals surface area contributed by atoms with Crippen molar-refractivity contribution in [3.63, 3.8) is 0 Å². The Balaban J connectivity index is 2.91. The SMILES string of the molecule is COC(=O)N1CCC(C(=O)O)C(OC)(OC)C1. The number of carbonyl (C=O) groups is 2. The van der Waals surface area contributed by atoms with Crippen molar-refractivity contribution in [2.24, 2.45) is 5.92 Å². The molecular weight excluding hydrogens is 230 g/mol. The van der Waals surface area contributed by atoms with Gasteiger partial charge in [-0.05, 0) is 6.42 Å². The molecule has 1 unspecified atom stereocenters. The monoisotopic (exact) mass is 247 g/mol. The van der Waals surface area contributed by atoms with Crippen LogP contribution in [-0.4, -0.2) is 62.3 Å². The van der Waals surface area contributed by atoms with Crippen LogP contribution >= 0.6 is 0 Å². The summed E-state index contributed by atoms with van der Waals surface area (Å²) in [5.74, 6) is -3.13. The molecule has 0 spiro atoms. The lowest BCUT2D eigenvalue weighted by atomic mass is 9.90. The molecule has 17 heavy (non-hydrogen) atoms. The molecule has 1 rings (SSSR count). The maximum absolute atomic E-state index is 11.4. The van der Waals surface area contributed by atoms with Gasteiger partial charge in [-0.25, -0.2) is 4.79 Å². The second-order valence-electron chi connectivity index (χ2n) is 3.79. The van der Waals surface area contributed by atoms with Gasteiger partial charge in [0.1, 0.15) is 5.92 Å². The number of carbonyl (C=O) groups excluding carboxylic acids is 1. The van der Waals surface area contributed by atoms with Gasteiger partial charge in [-0.2, -0.15) is 0 Å². The van der Waals surface area contributed by atoms with Gasteiger partial charge in [-0.3, -0.25) is 4.79 Å². The fourth-order valence-electron chi connectivity index (χ4n) is 2.05. The lowest BCUT2D eigenvalue weighted by molar-refractivity contribution is -0.259. The number of likely N-dealkylation sites (tertiary alicyclic amines) is 1. The first-order chi connectivity index (χ1) is 8.00. The van der Waals surface area contributed by atoms with E-state index in [1.807, 2.05) is 0 Å². The van der Waals surface area contributed by atoms with Crippen molar-refractivity contribution in [2.75, 3.05) is 34.4 Å². The van der Waals surface area contributed by atoms with Crippen LogP contribution in [0, 0.1) is 5.92 Å². The number of carboxylic acids is 1. The molecule has 7 heteroatoms. The zero-order valence-electron chi connectivity index (χ0n) is 10.1. The molecule has 7 nitrogen and oxygen atoms in total. The Hall–Kier alpha value is -1.34. The Morgan fingerprint density at radius 1 is 1.29 bits per heavy atom. The van der Waals surface area contributed by atoms with Crippen LogP contribution in [0.2, 0.25) is 0 Å². The number of ether oxygens (including phenoxy) is 3. The first-order valence-corrected chi connectivity index (χ1v) is 5.16. The molecule has 0 aromatic carbocycles. The minimum atomic E-state index is -1.32. The number of carboxylic acid groups (broad SMARTS) is 1. The van der Waals surface area contributed by atoms with E-state index in [9.17, 15) is 9.59 Å². The third-order valence-corrected chi connectivity index (χ3v) is 3.05. The summed E-state index contributed by atoms with van der Waals surface area (Å²) in [6.07, 6.45) is -0.265. The van der Waals surface area contributed by atoms with Crippen molar-refractivity contribution in [3.05, 3.63) is 0 Å². The third kappa shape index (κ3) is 2.50. The average Bonchev–Trinajstić information content (AvgIpc) is 2.36. The molecule has 0 bridgehead atoms. The Labute approximate surface area is 99.2 Å². The predicted octanol–water partition coefficient (Wildman–Crippen LogP) is 0.148. The van der Waals surface area contributed by atoms with Crippen LogP contribution in [0.4, 0.5) is 4.79 Å². The van der Waals surface area contributed by atoms with E-state index in [1.165, 1.54) is 26.2 Å². The zero-order chi connectivity index (χ0) is 13.1. The van der Waals surface area contributed by atoms with E-state index >= 15 is 0 Å². The van der Waals surface area contributed by atoms with Gasteiger partial charge in [0.05, 0.1) is 13.7 Å². The lowest BCUT2D eigenvalue weighted by Crippen LogP contribution is -2.59. The molecular formula is C10H17NO6. The first-order valence-electron chi connectivity index (χ1n) is 5.16. The lowest BCUT2D eigenvalue weighted by Gasteiger charge is -2.43. The molecule has 1 aliphatic rings. The number of nitrogens with zero attached hydrogens (tertiary/aromatic N) is 1. The molecule has 1 aliphatic heterocycles. The van der Waals surface area contributed by atoms with Gasteiger partial charge < -0.3 is 24.2 Å². The number of piperidine rings is 1. The highest BCUT2D eigenvalue weighted by Crippen LogP contribution is 2.32. The molecule has 0 aromatic heterocycles. The van der Waals surface area contributed by atoms with Crippen LogP contribution in [0.15, 0.2) is 0 Å². The number of amides is 1. The fourth-order valence-corrected chi connectivity index (χ4v) is 2.05. The Kier molecular flexibility index (Phi) is 4.30. The van der Waals surface area contributed by atoms with Gasteiger partial charge in [-0.1, -0.05) is 0 Å². The van der Waals surface area contributed by atoms with Gasteiger partial charge >= 0.3 is 12.1 Å². The number of rotatable bonds is 3. The smallest absolute Gasteiger partial charge is 0.409 e. The highest BCUT2D eigenvalue weighted by molar-refractivity contribution is 5.73. The molecule has 98 valence electrons. The summed E-state index contributed by atoms with van der Waals surface area (Å²) in [5.41, 5.74) is 0. The van der Waals surface area contributed by atoms with Gasteiger partial charge in [0.25, 0.3) is 0 Å². The summed E-state index contributed by atoms with van der Waals surface area (Å²) in [5, 5.41) is 9.12. The second-order valence-corrected chi connectivity index (χ2v) is 3.79. The maximum atomic E-state index is 11.4. The van der Waals surface area contributed by atoms with Crippen molar-refractivity contribution in [2.45, 2.75) is 12.2 Å². The van der Waals surface area contributed by atoms with Crippen molar-refractivity contribution in [1.82, 2.24) is 4.90 Å². The molecule has 1 saturated heterocycles. The second kappa shape index (κ2) is 5.33. The van der Waals surface area contributed by atoms with Crippen molar-refractivity contribution >= 4 is 12.1 Å². The van der Waals surface area contributed by atoms with E-state index in [0.717, 1.165) is 0 Å². The highest BCUT2D eigenvalue weighted by Gasteiger charge is 2.49. The minimum absolute atomic E-state index is 0.0314. The van der Waals surface area contributed by atoms with Crippen LogP contribution in [0.1, 0.15) is 6.42 Å². The van der Waals surface area contributed by atoms with E-state index < -0.39 is 23.8 Å². The number of methoxy groups -OCH3 is 3. The fraction of sp³-hybridized carbons (Fsp3) is 0.800. The first kappa shape index (κ1) is 13.7. The zero-order valence-corrected chi connectivity index (χ0v) is 10.1. The maximum Gasteiger partial charge on any atom is 0.409 e. The summed E-state index contributed by atoms with van der Waals surface area (Å²) in [6, 6.07) is 0. The van der Waals surface area contributed by atoms with E-state index in [-0.39, 0.29) is 13.0 Å². The molecule has 1 atom stereocenters. The molecule has 1 heterocycles. The number of hydrogen-bond acceptors (Lipinski definition) is 5. The highest BCUT2D eigenvalue weighted by atomic mass is 16.7. The Morgan fingerprint density at radius 3 is 2.29 bits per heavy atom. The van der Waals surface area contributed by atoms with Crippen LogP contribution in [0.3, 0.4) is 0 Å². The average molecular weight is 247 g/mol. The molecule has 0 aliphatic carbocycles. The number of aliphatic carboxylic acids is 1. The van der Waals surface area contributed by atoms with Crippen LogP contribution in [0.5, 0.6) is 0 Å². The molecule has 0 saturated carbocycles. The van der Waals surface area contributed by atoms with E-state index in [1.54, 1.807) is 0 Å². The molecule has 1 amide bonds. The summed E-state index contributed by atoms with van der Waals surface area (Å²) < 4.78 is 14.9. The molecule has 0 aromatic rings. The summed E-state index contributed by atoms with van der Waals surface area (Å²) in [7, 11) is 3.99.